The number of amides is 1. The van der Waals surface area contributed by atoms with Crippen molar-refractivity contribution >= 4 is 5.91 Å². The molecule has 0 aromatic heterocycles. The molecule has 1 heterocycles. The summed E-state index contributed by atoms with van der Waals surface area (Å²) < 4.78 is 0. The van der Waals surface area contributed by atoms with Crippen LogP contribution in [0.4, 0.5) is 0 Å². The van der Waals surface area contributed by atoms with Gasteiger partial charge in [0.1, 0.15) is 0 Å². The normalized spacial score (nSPS) is 44.4. The first kappa shape index (κ1) is 11.0. The number of carbonyl (C=O) groups excluding carboxylic acids is 1. The Hall–Kier alpha value is -0.830. The summed E-state index contributed by atoms with van der Waals surface area (Å²) in [6.07, 6.45) is 7.53. The first-order valence-electron chi connectivity index (χ1n) is 7.51. The fourth-order valence-corrected chi connectivity index (χ4v) is 4.82. The SMILES string of the molecule is O=C(NCC1=CCNCC1)C1C2C3CCC(C3)C12. The van der Waals surface area contributed by atoms with E-state index in [1.807, 2.05) is 0 Å². The van der Waals surface area contributed by atoms with E-state index in [2.05, 4.69) is 16.7 Å². The molecule has 18 heavy (non-hydrogen) atoms. The number of hydrogen-bond donors (Lipinski definition) is 2. The highest BCUT2D eigenvalue weighted by atomic mass is 16.2. The van der Waals surface area contributed by atoms with Crippen LogP contribution < -0.4 is 10.6 Å². The van der Waals surface area contributed by atoms with Crippen molar-refractivity contribution in [1.82, 2.24) is 10.6 Å². The second-order valence-corrected chi connectivity index (χ2v) is 6.55. The summed E-state index contributed by atoms with van der Waals surface area (Å²) in [5.41, 5.74) is 1.40. The van der Waals surface area contributed by atoms with E-state index in [1.54, 1.807) is 0 Å². The van der Waals surface area contributed by atoms with Crippen molar-refractivity contribution in [3.8, 4) is 0 Å². The van der Waals surface area contributed by atoms with Crippen molar-refractivity contribution in [2.75, 3.05) is 19.6 Å². The maximum absolute atomic E-state index is 12.2. The van der Waals surface area contributed by atoms with E-state index in [1.165, 1.54) is 24.8 Å². The summed E-state index contributed by atoms with van der Waals surface area (Å²) >= 11 is 0. The number of rotatable bonds is 3. The summed E-state index contributed by atoms with van der Waals surface area (Å²) in [5, 5.41) is 6.48. The quantitative estimate of drug-likeness (QED) is 0.737. The summed E-state index contributed by atoms with van der Waals surface area (Å²) in [5.74, 6) is 4.07. The molecule has 98 valence electrons. The van der Waals surface area contributed by atoms with Gasteiger partial charge in [0, 0.05) is 19.0 Å². The Balaban J connectivity index is 1.32. The van der Waals surface area contributed by atoms with Crippen LogP contribution in [0.5, 0.6) is 0 Å². The van der Waals surface area contributed by atoms with Gasteiger partial charge in [-0.1, -0.05) is 11.6 Å². The van der Waals surface area contributed by atoms with Gasteiger partial charge in [0.15, 0.2) is 0 Å². The third kappa shape index (κ3) is 1.63. The highest BCUT2D eigenvalue weighted by Gasteiger charge is 2.67. The Kier molecular flexibility index (Phi) is 2.51. The zero-order chi connectivity index (χ0) is 12.1. The van der Waals surface area contributed by atoms with Gasteiger partial charge < -0.3 is 10.6 Å². The van der Waals surface area contributed by atoms with Gasteiger partial charge in [-0.05, 0) is 55.9 Å². The molecule has 0 aromatic carbocycles. The summed E-state index contributed by atoms with van der Waals surface area (Å²) in [7, 11) is 0. The van der Waals surface area contributed by atoms with Crippen LogP contribution in [0.25, 0.3) is 0 Å². The minimum absolute atomic E-state index is 0.348. The first-order chi connectivity index (χ1) is 8.84. The molecule has 1 aliphatic heterocycles. The predicted molar refractivity (Wildman–Crippen MR) is 69.9 cm³/mol. The van der Waals surface area contributed by atoms with Crippen LogP contribution in [0.15, 0.2) is 11.6 Å². The van der Waals surface area contributed by atoms with Crippen LogP contribution in [0.1, 0.15) is 25.7 Å². The zero-order valence-electron chi connectivity index (χ0n) is 10.8. The average Bonchev–Trinajstić information content (AvgIpc) is 2.86. The molecular formula is C15H22N2O. The van der Waals surface area contributed by atoms with Crippen LogP contribution in [-0.4, -0.2) is 25.5 Å². The van der Waals surface area contributed by atoms with Gasteiger partial charge in [0.05, 0.1) is 0 Å². The Labute approximate surface area is 108 Å². The molecule has 0 spiro atoms. The maximum atomic E-state index is 12.2. The predicted octanol–water partition coefficient (Wildman–Crippen LogP) is 1.31. The van der Waals surface area contributed by atoms with Gasteiger partial charge in [0.2, 0.25) is 5.91 Å². The lowest BCUT2D eigenvalue weighted by Crippen LogP contribution is -2.31. The third-order valence-corrected chi connectivity index (χ3v) is 5.69. The molecule has 4 rings (SSSR count). The van der Waals surface area contributed by atoms with Gasteiger partial charge in [-0.25, -0.2) is 0 Å². The van der Waals surface area contributed by atoms with Crippen LogP contribution in [0, 0.1) is 29.6 Å². The molecule has 4 atom stereocenters. The van der Waals surface area contributed by atoms with Crippen molar-refractivity contribution in [2.45, 2.75) is 25.7 Å². The Morgan fingerprint density at radius 2 is 2.11 bits per heavy atom. The van der Waals surface area contributed by atoms with Crippen molar-refractivity contribution in [1.29, 1.82) is 0 Å². The Bertz CT molecular complexity index is 387. The van der Waals surface area contributed by atoms with Gasteiger partial charge >= 0.3 is 0 Å². The van der Waals surface area contributed by atoms with Crippen LogP contribution in [0.3, 0.4) is 0 Å². The van der Waals surface area contributed by atoms with Crippen LogP contribution in [0.2, 0.25) is 0 Å². The highest BCUT2D eigenvalue weighted by Crippen LogP contribution is 2.69. The van der Waals surface area contributed by atoms with E-state index in [4.69, 9.17) is 0 Å². The van der Waals surface area contributed by atoms with E-state index in [9.17, 15) is 4.79 Å². The molecule has 2 N–H and O–H groups in total. The molecule has 2 bridgehead atoms. The minimum atomic E-state index is 0.348. The standard InChI is InChI=1S/C15H22N2O/c18-15(17-8-9-3-5-16-6-4-9)14-12-10-1-2-11(7-10)13(12)14/h3,10-14,16H,1-2,4-8H2,(H,17,18). The third-order valence-electron chi connectivity index (χ3n) is 5.69. The lowest BCUT2D eigenvalue weighted by Gasteiger charge is -2.15. The number of carbonyl (C=O) groups is 1. The fraction of sp³-hybridized carbons (Fsp3) is 0.800. The monoisotopic (exact) mass is 246 g/mol. The smallest absolute Gasteiger partial charge is 0.223 e. The molecular weight excluding hydrogens is 224 g/mol. The minimum Gasteiger partial charge on any atom is -0.352 e. The zero-order valence-corrected chi connectivity index (χ0v) is 10.8. The van der Waals surface area contributed by atoms with Crippen LogP contribution in [-0.2, 0) is 4.79 Å². The summed E-state index contributed by atoms with van der Waals surface area (Å²) in [6, 6.07) is 0. The van der Waals surface area contributed by atoms with E-state index >= 15 is 0 Å². The molecule has 3 fully saturated rings. The van der Waals surface area contributed by atoms with Crippen molar-refractivity contribution < 1.29 is 4.79 Å². The molecule has 3 nitrogen and oxygen atoms in total. The first-order valence-corrected chi connectivity index (χ1v) is 7.51. The second-order valence-electron chi connectivity index (χ2n) is 6.55. The summed E-state index contributed by atoms with van der Waals surface area (Å²) in [4.78, 5) is 12.2. The number of fused-ring (bicyclic) bond motifs is 5. The number of nitrogens with one attached hydrogen (secondary N) is 2. The molecule has 4 aliphatic rings. The molecule has 3 aliphatic carbocycles. The molecule has 0 saturated heterocycles. The molecule has 0 aromatic rings. The highest BCUT2D eigenvalue weighted by molar-refractivity contribution is 5.83. The van der Waals surface area contributed by atoms with Gasteiger partial charge in [-0.15, -0.1) is 0 Å². The largest absolute Gasteiger partial charge is 0.352 e. The fourth-order valence-electron chi connectivity index (χ4n) is 4.82. The second kappa shape index (κ2) is 4.09. The molecule has 1 amide bonds. The van der Waals surface area contributed by atoms with Gasteiger partial charge in [-0.3, -0.25) is 4.79 Å². The van der Waals surface area contributed by atoms with E-state index in [0.717, 1.165) is 49.7 Å². The molecule has 4 unspecified atom stereocenters. The lowest BCUT2D eigenvalue weighted by atomic mass is 10.0. The Morgan fingerprint density at radius 1 is 1.33 bits per heavy atom. The topological polar surface area (TPSA) is 41.1 Å². The summed E-state index contributed by atoms with van der Waals surface area (Å²) in [6.45, 7) is 2.80. The van der Waals surface area contributed by atoms with Gasteiger partial charge in [-0.2, -0.15) is 0 Å². The van der Waals surface area contributed by atoms with Crippen molar-refractivity contribution in [3.63, 3.8) is 0 Å². The number of hydrogen-bond acceptors (Lipinski definition) is 2. The maximum Gasteiger partial charge on any atom is 0.223 e. The molecule has 0 radical (unpaired) electrons. The van der Waals surface area contributed by atoms with E-state index in [0.29, 0.717) is 11.8 Å². The molecule has 3 saturated carbocycles. The van der Waals surface area contributed by atoms with E-state index < -0.39 is 0 Å². The van der Waals surface area contributed by atoms with Crippen LogP contribution >= 0.6 is 0 Å². The molecule has 3 heteroatoms. The average molecular weight is 246 g/mol. The van der Waals surface area contributed by atoms with Gasteiger partial charge in [0.25, 0.3) is 0 Å². The van der Waals surface area contributed by atoms with E-state index in [-0.39, 0.29) is 0 Å². The Morgan fingerprint density at radius 3 is 2.78 bits per heavy atom. The van der Waals surface area contributed by atoms with Crippen molar-refractivity contribution in [3.05, 3.63) is 11.6 Å². The lowest BCUT2D eigenvalue weighted by molar-refractivity contribution is -0.123. The van der Waals surface area contributed by atoms with Crippen molar-refractivity contribution in [2.24, 2.45) is 29.6 Å².